The van der Waals surface area contributed by atoms with E-state index in [-0.39, 0.29) is 24.1 Å². The number of carbonyl (C=O) groups excluding carboxylic acids is 2. The van der Waals surface area contributed by atoms with Gasteiger partial charge in [0.2, 0.25) is 0 Å². The second-order valence-corrected chi connectivity index (χ2v) is 6.26. The first kappa shape index (κ1) is 14.9. The van der Waals surface area contributed by atoms with E-state index < -0.39 is 0 Å². The number of carbonyl (C=O) groups is 2. The van der Waals surface area contributed by atoms with E-state index in [1.807, 2.05) is 37.3 Å². The van der Waals surface area contributed by atoms with Gasteiger partial charge in [-0.1, -0.05) is 0 Å². The van der Waals surface area contributed by atoms with E-state index in [2.05, 4.69) is 5.10 Å². The smallest absolute Gasteiger partial charge is 0.410 e. The quantitative estimate of drug-likeness (QED) is 0.827. The van der Waals surface area contributed by atoms with Gasteiger partial charge in [-0.15, -0.1) is 0 Å². The van der Waals surface area contributed by atoms with Crippen LogP contribution in [0.1, 0.15) is 41.6 Å². The van der Waals surface area contributed by atoms with Crippen LogP contribution in [0.2, 0.25) is 0 Å². The van der Waals surface area contributed by atoms with Crippen LogP contribution in [0, 0.1) is 13.8 Å². The standard InChI is InChI=1S/C15H22N4O3/c1-9(2)19-11(4)13(10(3)16-19)14(20)17-5-6-18-12(7-17)8-22-15(18)21/h9,12H,5-8H2,1-4H3/t12-/m0/s1. The summed E-state index contributed by atoms with van der Waals surface area (Å²) in [6.45, 7) is 9.87. The summed E-state index contributed by atoms with van der Waals surface area (Å²) in [5.41, 5.74) is 2.35. The van der Waals surface area contributed by atoms with E-state index >= 15 is 0 Å². The summed E-state index contributed by atoms with van der Waals surface area (Å²) in [6.07, 6.45) is -0.267. The van der Waals surface area contributed by atoms with Gasteiger partial charge in [-0.25, -0.2) is 4.79 Å². The molecular formula is C15H22N4O3. The maximum Gasteiger partial charge on any atom is 0.410 e. The van der Waals surface area contributed by atoms with Crippen molar-refractivity contribution in [2.75, 3.05) is 26.2 Å². The Morgan fingerprint density at radius 2 is 2.05 bits per heavy atom. The first-order chi connectivity index (χ1) is 10.4. The van der Waals surface area contributed by atoms with E-state index in [1.54, 1.807) is 4.90 Å². The molecule has 7 heteroatoms. The zero-order valence-electron chi connectivity index (χ0n) is 13.5. The Hall–Kier alpha value is -2.05. The van der Waals surface area contributed by atoms with Gasteiger partial charge in [0, 0.05) is 31.4 Å². The molecule has 0 aliphatic carbocycles. The van der Waals surface area contributed by atoms with Crippen molar-refractivity contribution in [3.05, 3.63) is 17.0 Å². The molecule has 7 nitrogen and oxygen atoms in total. The van der Waals surface area contributed by atoms with Crippen LogP contribution in [-0.2, 0) is 4.74 Å². The summed E-state index contributed by atoms with van der Waals surface area (Å²) < 4.78 is 6.94. The molecule has 0 bridgehead atoms. The zero-order chi connectivity index (χ0) is 16.0. The number of rotatable bonds is 2. The summed E-state index contributed by atoms with van der Waals surface area (Å²) >= 11 is 0. The Labute approximate surface area is 129 Å². The normalized spacial score (nSPS) is 21.3. The number of ether oxygens (including phenoxy) is 1. The third-order valence-electron chi connectivity index (χ3n) is 4.43. The van der Waals surface area contributed by atoms with Crippen LogP contribution >= 0.6 is 0 Å². The van der Waals surface area contributed by atoms with Crippen molar-refractivity contribution < 1.29 is 14.3 Å². The van der Waals surface area contributed by atoms with Crippen LogP contribution in [0.3, 0.4) is 0 Å². The minimum absolute atomic E-state index is 0.000832. The molecule has 22 heavy (non-hydrogen) atoms. The van der Waals surface area contributed by atoms with Crippen LogP contribution in [0.25, 0.3) is 0 Å². The molecule has 0 aromatic carbocycles. The lowest BCUT2D eigenvalue weighted by atomic mass is 10.1. The monoisotopic (exact) mass is 306 g/mol. The van der Waals surface area contributed by atoms with Gasteiger partial charge in [-0.2, -0.15) is 5.10 Å². The Balaban J connectivity index is 1.82. The summed E-state index contributed by atoms with van der Waals surface area (Å²) in [5, 5.41) is 4.48. The van der Waals surface area contributed by atoms with E-state index in [9.17, 15) is 9.59 Å². The molecule has 3 rings (SSSR count). The summed E-state index contributed by atoms with van der Waals surface area (Å²) in [4.78, 5) is 27.9. The number of aryl methyl sites for hydroxylation is 1. The van der Waals surface area contributed by atoms with E-state index in [1.165, 1.54) is 0 Å². The molecule has 0 N–H and O–H groups in total. The maximum atomic E-state index is 12.9. The molecule has 1 atom stereocenters. The number of nitrogens with zero attached hydrogens (tertiary/aromatic N) is 4. The van der Waals surface area contributed by atoms with Crippen molar-refractivity contribution in [1.82, 2.24) is 19.6 Å². The fourth-order valence-corrected chi connectivity index (χ4v) is 3.31. The van der Waals surface area contributed by atoms with E-state index in [4.69, 9.17) is 4.74 Å². The first-order valence-electron chi connectivity index (χ1n) is 7.68. The van der Waals surface area contributed by atoms with Gasteiger partial charge in [0.15, 0.2) is 0 Å². The van der Waals surface area contributed by atoms with Gasteiger partial charge in [0.25, 0.3) is 5.91 Å². The second kappa shape index (κ2) is 5.30. The van der Waals surface area contributed by atoms with Gasteiger partial charge < -0.3 is 9.64 Å². The predicted molar refractivity (Wildman–Crippen MR) is 79.8 cm³/mol. The van der Waals surface area contributed by atoms with Gasteiger partial charge in [-0.3, -0.25) is 14.4 Å². The lowest BCUT2D eigenvalue weighted by molar-refractivity contribution is 0.0615. The van der Waals surface area contributed by atoms with Crippen LogP contribution in [-0.4, -0.2) is 63.9 Å². The second-order valence-electron chi connectivity index (χ2n) is 6.26. The SMILES string of the molecule is Cc1nn(C(C)C)c(C)c1C(=O)N1CCN2C(=O)OC[C@@H]2C1. The molecule has 0 saturated carbocycles. The highest BCUT2D eigenvalue weighted by atomic mass is 16.6. The molecule has 3 heterocycles. The topological polar surface area (TPSA) is 67.7 Å². The van der Waals surface area contributed by atoms with Crippen LogP contribution in [0.5, 0.6) is 0 Å². The highest BCUT2D eigenvalue weighted by molar-refractivity contribution is 5.96. The number of hydrogen-bond donors (Lipinski definition) is 0. The Bertz CT molecular complexity index is 623. The number of fused-ring (bicyclic) bond motifs is 1. The van der Waals surface area contributed by atoms with Gasteiger partial charge >= 0.3 is 6.09 Å². The molecule has 2 amide bonds. The minimum atomic E-state index is -0.267. The van der Waals surface area contributed by atoms with Gasteiger partial charge in [0.05, 0.1) is 17.3 Å². The highest BCUT2D eigenvalue weighted by Gasteiger charge is 2.39. The average Bonchev–Trinajstić information content (AvgIpc) is 2.99. The third-order valence-corrected chi connectivity index (χ3v) is 4.43. The molecule has 120 valence electrons. The number of piperazine rings is 1. The largest absolute Gasteiger partial charge is 0.447 e. The molecule has 2 saturated heterocycles. The Morgan fingerprint density at radius 1 is 1.32 bits per heavy atom. The van der Waals surface area contributed by atoms with Crippen LogP contribution in [0.4, 0.5) is 4.79 Å². The molecule has 0 spiro atoms. The molecule has 1 aromatic rings. The van der Waals surface area contributed by atoms with Crippen LogP contribution in [0.15, 0.2) is 0 Å². The van der Waals surface area contributed by atoms with Gasteiger partial charge in [0.1, 0.15) is 6.61 Å². The third kappa shape index (κ3) is 2.24. The minimum Gasteiger partial charge on any atom is -0.447 e. The van der Waals surface area contributed by atoms with Crippen molar-refractivity contribution in [3.63, 3.8) is 0 Å². The zero-order valence-corrected chi connectivity index (χ0v) is 13.5. The number of amides is 2. The first-order valence-corrected chi connectivity index (χ1v) is 7.68. The molecule has 2 aliphatic heterocycles. The fourth-order valence-electron chi connectivity index (χ4n) is 3.31. The van der Waals surface area contributed by atoms with Crippen molar-refractivity contribution in [1.29, 1.82) is 0 Å². The lowest BCUT2D eigenvalue weighted by Gasteiger charge is -2.35. The number of hydrogen-bond acceptors (Lipinski definition) is 4. The fraction of sp³-hybridized carbons (Fsp3) is 0.667. The predicted octanol–water partition coefficient (Wildman–Crippen LogP) is 1.36. The summed E-state index contributed by atoms with van der Waals surface area (Å²) in [6, 6.07) is 0.198. The summed E-state index contributed by atoms with van der Waals surface area (Å²) in [7, 11) is 0. The van der Waals surface area contributed by atoms with Crippen molar-refractivity contribution in [3.8, 4) is 0 Å². The lowest BCUT2D eigenvalue weighted by Crippen LogP contribution is -2.53. The molecule has 0 radical (unpaired) electrons. The highest BCUT2D eigenvalue weighted by Crippen LogP contribution is 2.23. The Morgan fingerprint density at radius 3 is 2.68 bits per heavy atom. The molecule has 2 fully saturated rings. The molecule has 0 unspecified atom stereocenters. The average molecular weight is 306 g/mol. The van der Waals surface area contributed by atoms with Gasteiger partial charge in [-0.05, 0) is 27.7 Å². The maximum absolute atomic E-state index is 12.9. The summed E-state index contributed by atoms with van der Waals surface area (Å²) in [5.74, 6) is 0.000832. The van der Waals surface area contributed by atoms with Crippen molar-refractivity contribution in [2.45, 2.75) is 39.8 Å². The molecule has 1 aromatic heterocycles. The number of cyclic esters (lactones) is 1. The molecule has 2 aliphatic rings. The van der Waals surface area contributed by atoms with Crippen LogP contribution < -0.4 is 0 Å². The van der Waals surface area contributed by atoms with Crippen molar-refractivity contribution in [2.24, 2.45) is 0 Å². The van der Waals surface area contributed by atoms with E-state index in [0.29, 0.717) is 31.8 Å². The van der Waals surface area contributed by atoms with Crippen molar-refractivity contribution >= 4 is 12.0 Å². The van der Waals surface area contributed by atoms with E-state index in [0.717, 1.165) is 11.4 Å². The molecular weight excluding hydrogens is 284 g/mol. The Kier molecular flexibility index (Phi) is 3.58. The number of aromatic nitrogens is 2.